The van der Waals surface area contributed by atoms with Crippen LogP contribution in [0.15, 0.2) is 28.8 Å². The number of hydrogen-bond donors (Lipinski definition) is 1. The molecule has 2 aromatic heterocycles. The van der Waals surface area contributed by atoms with E-state index in [0.29, 0.717) is 36.2 Å². The van der Waals surface area contributed by atoms with E-state index in [1.807, 2.05) is 0 Å². The highest BCUT2D eigenvalue weighted by molar-refractivity contribution is 5.91. The average molecular weight is 461 g/mol. The molecule has 12 heteroatoms. The van der Waals surface area contributed by atoms with E-state index < -0.39 is 23.3 Å². The zero-order valence-corrected chi connectivity index (χ0v) is 18.2. The molecule has 0 saturated carbocycles. The van der Waals surface area contributed by atoms with Crippen LogP contribution in [0.4, 0.5) is 23.7 Å². The monoisotopic (exact) mass is 461 g/mol. The molecule has 2 amide bonds. The molecule has 3 atom stereocenters. The summed E-state index contributed by atoms with van der Waals surface area (Å²) in [5.74, 6) is 1.18. The van der Waals surface area contributed by atoms with Crippen molar-refractivity contribution < 1.29 is 22.4 Å². The number of alkyl halides is 3. The third-order valence-electron chi connectivity index (χ3n) is 6.31. The molecule has 3 aromatic rings. The average Bonchev–Trinajstić information content (AvgIpc) is 3.35. The number of aryl methyl sites for hydroxylation is 2. The molecule has 9 nitrogen and oxygen atoms in total. The maximum absolute atomic E-state index is 13.6. The van der Waals surface area contributed by atoms with Crippen LogP contribution < -0.4 is 5.32 Å². The summed E-state index contributed by atoms with van der Waals surface area (Å²) in [5.41, 5.74) is -1.12. The molecule has 33 heavy (non-hydrogen) atoms. The van der Waals surface area contributed by atoms with Crippen molar-refractivity contribution in [3.8, 4) is 5.69 Å². The number of urea groups is 1. The first-order valence-corrected chi connectivity index (χ1v) is 10.6. The van der Waals surface area contributed by atoms with Gasteiger partial charge in [-0.25, -0.2) is 9.48 Å². The first-order chi connectivity index (χ1) is 15.6. The lowest BCUT2D eigenvalue weighted by atomic mass is 9.64. The minimum Gasteiger partial charge on any atom is -0.423 e. The van der Waals surface area contributed by atoms with Gasteiger partial charge in [-0.15, -0.1) is 15.3 Å². The predicted molar refractivity (Wildman–Crippen MR) is 109 cm³/mol. The van der Waals surface area contributed by atoms with Gasteiger partial charge in [0.2, 0.25) is 11.8 Å². The minimum absolute atomic E-state index is 0.00663. The van der Waals surface area contributed by atoms with E-state index in [4.69, 9.17) is 4.42 Å². The highest BCUT2D eigenvalue weighted by atomic mass is 19.4. The number of halogens is 3. The zero-order valence-electron chi connectivity index (χ0n) is 18.2. The third kappa shape index (κ3) is 3.53. The molecule has 174 valence electrons. The number of fused-ring (bicyclic) bond motifs is 2. The maximum Gasteiger partial charge on any atom is 0.418 e. The fourth-order valence-electron chi connectivity index (χ4n) is 5.12. The lowest BCUT2D eigenvalue weighted by Crippen LogP contribution is -2.70. The smallest absolute Gasteiger partial charge is 0.418 e. The van der Waals surface area contributed by atoms with Crippen molar-refractivity contribution in [2.24, 2.45) is 5.92 Å². The number of piperidine rings is 1. The van der Waals surface area contributed by atoms with E-state index in [1.54, 1.807) is 18.7 Å². The Bertz CT molecular complexity index is 1220. The van der Waals surface area contributed by atoms with Gasteiger partial charge in [0, 0.05) is 25.1 Å². The van der Waals surface area contributed by atoms with Crippen molar-refractivity contribution in [3.63, 3.8) is 0 Å². The molecular formula is C21H22F3N7O2. The number of benzene rings is 1. The molecule has 2 aliphatic rings. The molecule has 0 unspecified atom stereocenters. The van der Waals surface area contributed by atoms with Gasteiger partial charge in [-0.3, -0.25) is 0 Å². The van der Waals surface area contributed by atoms with Crippen LogP contribution in [0.2, 0.25) is 0 Å². The molecule has 2 saturated heterocycles. The minimum atomic E-state index is -4.60. The molecule has 0 aliphatic carbocycles. The van der Waals surface area contributed by atoms with Crippen molar-refractivity contribution in [2.45, 2.75) is 57.8 Å². The Balaban J connectivity index is 1.46. The van der Waals surface area contributed by atoms with Crippen LogP contribution in [0.25, 0.3) is 5.69 Å². The Hall–Kier alpha value is -3.44. The standard InChI is InChI=1S/C21H22F3N7O2/c1-11-6-15-9-20(8-11,18-28-27-13(3)33-18)31(15)19(32)25-14-4-5-16(21(22,23)24)17(7-14)30-10-12(2)26-29-30/h4-5,7,10-11,15H,6,8-9H2,1-3H3,(H,25,32)/t11-,15-,20+/m0/s1. The largest absolute Gasteiger partial charge is 0.423 e. The van der Waals surface area contributed by atoms with Crippen LogP contribution in [-0.2, 0) is 11.7 Å². The van der Waals surface area contributed by atoms with E-state index in [1.165, 1.54) is 18.3 Å². The molecule has 4 heterocycles. The third-order valence-corrected chi connectivity index (χ3v) is 6.31. The fraction of sp³-hybridized carbons (Fsp3) is 0.476. The SMILES string of the molecule is Cc1cn(-c2cc(NC(=O)N3[C@H]4C[C@H](C)C[C@]3(c3nnc(C)o3)C4)ccc2C(F)(F)F)nn1. The van der Waals surface area contributed by atoms with E-state index in [0.717, 1.165) is 17.2 Å². The van der Waals surface area contributed by atoms with Gasteiger partial charge in [-0.05, 0) is 43.9 Å². The molecule has 2 aliphatic heterocycles. The second-order valence-corrected chi connectivity index (χ2v) is 8.90. The second-order valence-electron chi connectivity index (χ2n) is 8.90. The molecular weight excluding hydrogens is 439 g/mol. The van der Waals surface area contributed by atoms with Crippen LogP contribution in [0.1, 0.15) is 49.2 Å². The van der Waals surface area contributed by atoms with Crippen LogP contribution in [0.3, 0.4) is 0 Å². The Labute approximate surface area is 187 Å². The van der Waals surface area contributed by atoms with Gasteiger partial charge in [-0.2, -0.15) is 13.2 Å². The number of nitrogens with zero attached hydrogens (tertiary/aromatic N) is 6. The van der Waals surface area contributed by atoms with Gasteiger partial charge in [-0.1, -0.05) is 12.1 Å². The summed E-state index contributed by atoms with van der Waals surface area (Å²) in [6.45, 7) is 5.43. The summed E-state index contributed by atoms with van der Waals surface area (Å²) >= 11 is 0. The molecule has 1 aromatic carbocycles. The fourth-order valence-corrected chi connectivity index (χ4v) is 5.12. The summed E-state index contributed by atoms with van der Waals surface area (Å²) in [4.78, 5) is 15.0. The number of rotatable bonds is 3. The molecule has 1 N–H and O–H groups in total. The van der Waals surface area contributed by atoms with E-state index in [2.05, 4.69) is 32.7 Å². The number of anilines is 1. The normalized spacial score (nSPS) is 24.5. The van der Waals surface area contributed by atoms with E-state index in [-0.39, 0.29) is 17.4 Å². The van der Waals surface area contributed by atoms with Crippen LogP contribution >= 0.6 is 0 Å². The Morgan fingerprint density at radius 3 is 2.64 bits per heavy atom. The number of aromatic nitrogens is 5. The Kier molecular flexibility index (Phi) is 4.73. The van der Waals surface area contributed by atoms with Gasteiger partial charge in [0.15, 0.2) is 0 Å². The zero-order chi connectivity index (χ0) is 23.5. The van der Waals surface area contributed by atoms with Crippen molar-refractivity contribution in [1.82, 2.24) is 30.1 Å². The second kappa shape index (κ2) is 7.29. The first-order valence-electron chi connectivity index (χ1n) is 10.6. The van der Waals surface area contributed by atoms with Crippen LogP contribution in [0.5, 0.6) is 0 Å². The van der Waals surface area contributed by atoms with Gasteiger partial charge < -0.3 is 14.6 Å². The van der Waals surface area contributed by atoms with Gasteiger partial charge in [0.25, 0.3) is 0 Å². The van der Waals surface area contributed by atoms with Crippen molar-refractivity contribution in [1.29, 1.82) is 0 Å². The number of carbonyl (C=O) groups is 1. The predicted octanol–water partition coefficient (Wildman–Crippen LogP) is 4.22. The molecule has 2 fully saturated rings. The van der Waals surface area contributed by atoms with E-state index >= 15 is 0 Å². The van der Waals surface area contributed by atoms with Gasteiger partial charge in [0.1, 0.15) is 5.54 Å². The quantitative estimate of drug-likeness (QED) is 0.627. The molecule has 0 spiro atoms. The van der Waals surface area contributed by atoms with E-state index in [9.17, 15) is 18.0 Å². The summed E-state index contributed by atoms with van der Waals surface area (Å²) in [6, 6.07) is 2.98. The van der Waals surface area contributed by atoms with Crippen LogP contribution in [0, 0.1) is 19.8 Å². The molecule has 0 radical (unpaired) electrons. The highest BCUT2D eigenvalue weighted by Gasteiger charge is 2.62. The maximum atomic E-state index is 13.6. The molecule has 5 rings (SSSR count). The number of hydrogen-bond acceptors (Lipinski definition) is 6. The lowest BCUT2D eigenvalue weighted by Gasteiger charge is -2.61. The Morgan fingerprint density at radius 1 is 1.21 bits per heavy atom. The highest BCUT2D eigenvalue weighted by Crippen LogP contribution is 2.55. The number of carbonyl (C=O) groups excluding carboxylic acids is 1. The topological polar surface area (TPSA) is 102 Å². The van der Waals surface area contributed by atoms with Crippen LogP contribution in [-0.4, -0.2) is 42.2 Å². The summed E-state index contributed by atoms with van der Waals surface area (Å²) < 4.78 is 47.5. The van der Waals surface area contributed by atoms with Crippen molar-refractivity contribution >= 4 is 11.7 Å². The van der Waals surface area contributed by atoms with Crippen molar-refractivity contribution in [3.05, 3.63) is 47.4 Å². The van der Waals surface area contributed by atoms with Gasteiger partial charge >= 0.3 is 12.2 Å². The summed E-state index contributed by atoms with van der Waals surface area (Å²) in [7, 11) is 0. The number of amides is 2. The molecule has 2 bridgehead atoms. The summed E-state index contributed by atoms with van der Waals surface area (Å²) in [5, 5.41) is 18.4. The summed E-state index contributed by atoms with van der Waals surface area (Å²) in [6.07, 6.45) is -0.983. The first kappa shape index (κ1) is 21.4. The Morgan fingerprint density at radius 2 is 2.00 bits per heavy atom. The van der Waals surface area contributed by atoms with Crippen molar-refractivity contribution in [2.75, 3.05) is 5.32 Å². The number of nitrogens with one attached hydrogen (secondary N) is 1. The lowest BCUT2D eigenvalue weighted by molar-refractivity contribution is -0.137. The van der Waals surface area contributed by atoms with Gasteiger partial charge in [0.05, 0.1) is 23.1 Å².